The second-order valence-electron chi connectivity index (χ2n) is 1.83. The Balaban J connectivity index is 3.36. The maximum Gasteiger partial charge on any atom is 0.233 e. The summed E-state index contributed by atoms with van der Waals surface area (Å²) in [6.07, 6.45) is 0. The quantitative estimate of drug-likeness (QED) is 0.575. The number of nitrogens with zero attached hydrogens (tertiary/aromatic N) is 2. The van der Waals surface area contributed by atoms with E-state index in [1.54, 1.807) is 0 Å². The predicted molar refractivity (Wildman–Crippen MR) is 45.9 cm³/mol. The molecule has 11 heavy (non-hydrogen) atoms. The zero-order valence-corrected chi connectivity index (χ0v) is 7.41. The van der Waals surface area contributed by atoms with Crippen LogP contribution in [0.2, 0.25) is 0 Å². The zero-order valence-electron chi connectivity index (χ0n) is 5.77. The molecule has 0 spiro atoms. The second-order valence-corrected chi connectivity index (χ2v) is 3.45. The summed E-state index contributed by atoms with van der Waals surface area (Å²) < 4.78 is 1.93. The lowest BCUT2D eigenvalue weighted by atomic mass is 10.7. The molecule has 6 heteroatoms. The van der Waals surface area contributed by atoms with Gasteiger partial charge in [0.1, 0.15) is 0 Å². The Morgan fingerprint density at radius 1 is 1.82 bits per heavy atom. The van der Waals surface area contributed by atoms with Crippen molar-refractivity contribution in [2.75, 3.05) is 0 Å². The van der Waals surface area contributed by atoms with Crippen LogP contribution >= 0.6 is 23.6 Å². The molecular formula is C5H6N2O2S2. The van der Waals surface area contributed by atoms with Crippen LogP contribution in [0, 0.1) is 8.86 Å². The van der Waals surface area contributed by atoms with E-state index < -0.39 is 0 Å². The molecule has 1 rings (SSSR count). The number of thiazole rings is 1. The molecule has 0 aliphatic heterocycles. The summed E-state index contributed by atoms with van der Waals surface area (Å²) >= 11 is 5.86. The molecule has 0 aliphatic rings. The van der Waals surface area contributed by atoms with Gasteiger partial charge in [-0.2, -0.15) is 0 Å². The first kappa shape index (κ1) is 8.35. The van der Waals surface area contributed by atoms with Gasteiger partial charge in [0.2, 0.25) is 10.9 Å². The largest absolute Gasteiger partial charge is 0.492 e. The molecule has 0 radical (unpaired) electrons. The number of rotatable bonds is 2. The highest BCUT2D eigenvalue weighted by Gasteiger charge is 2.09. The van der Waals surface area contributed by atoms with Gasteiger partial charge >= 0.3 is 0 Å². The van der Waals surface area contributed by atoms with Gasteiger partial charge in [-0.3, -0.25) is 4.57 Å². The minimum absolute atomic E-state index is 0.0526. The van der Waals surface area contributed by atoms with Crippen LogP contribution in [0.25, 0.3) is 0 Å². The third kappa shape index (κ3) is 1.31. The first-order chi connectivity index (χ1) is 5.20. The molecule has 0 aromatic carbocycles. The minimum atomic E-state index is -0.127. The number of hydrogen-bond acceptors (Lipinski definition) is 5. The molecular weight excluding hydrogens is 184 g/mol. The Labute approximate surface area is 72.1 Å². The van der Waals surface area contributed by atoms with E-state index in [-0.39, 0.29) is 10.9 Å². The van der Waals surface area contributed by atoms with Gasteiger partial charge < -0.3 is 5.11 Å². The van der Waals surface area contributed by atoms with Gasteiger partial charge in [-0.05, 0) is 24.3 Å². The lowest BCUT2D eigenvalue weighted by Crippen LogP contribution is -1.90. The van der Waals surface area contributed by atoms with Gasteiger partial charge in [0.25, 0.3) is 0 Å². The summed E-state index contributed by atoms with van der Waals surface area (Å²) in [6.45, 7) is 2.38. The lowest BCUT2D eigenvalue weighted by molar-refractivity contribution is 0.422. The van der Waals surface area contributed by atoms with Crippen LogP contribution in [-0.4, -0.2) is 9.67 Å². The molecule has 60 valence electrons. The molecule has 0 bridgehead atoms. The summed E-state index contributed by atoms with van der Waals surface area (Å²) in [5.74, 6) is -0.127. The highest BCUT2D eigenvalue weighted by atomic mass is 32.1. The minimum Gasteiger partial charge on any atom is -0.492 e. The Morgan fingerprint density at radius 3 is 2.73 bits per heavy atom. The second kappa shape index (κ2) is 3.10. The third-order valence-electron chi connectivity index (χ3n) is 1.25. The molecule has 1 heterocycles. The van der Waals surface area contributed by atoms with E-state index in [1.165, 1.54) is 4.57 Å². The van der Waals surface area contributed by atoms with Crippen LogP contribution in [0.1, 0.15) is 6.92 Å². The average Bonchev–Trinajstić information content (AvgIpc) is 2.26. The number of aromatic nitrogens is 1. The van der Waals surface area contributed by atoms with E-state index in [0.717, 1.165) is 11.3 Å². The molecule has 1 aromatic heterocycles. The summed E-state index contributed by atoms with van der Waals surface area (Å²) in [7, 11) is 0. The van der Waals surface area contributed by atoms with E-state index >= 15 is 0 Å². The Hall–Kier alpha value is -0.750. The fourth-order valence-electron chi connectivity index (χ4n) is 0.724. The Kier molecular flexibility index (Phi) is 2.35. The first-order valence-electron chi connectivity index (χ1n) is 2.96. The van der Waals surface area contributed by atoms with Crippen LogP contribution < -0.4 is 0 Å². The van der Waals surface area contributed by atoms with Crippen LogP contribution in [0.4, 0.5) is 5.00 Å². The van der Waals surface area contributed by atoms with Gasteiger partial charge in [-0.25, -0.2) is 0 Å². The summed E-state index contributed by atoms with van der Waals surface area (Å²) in [6, 6.07) is 0. The van der Waals surface area contributed by atoms with Crippen LogP contribution in [0.15, 0.2) is 5.18 Å². The Morgan fingerprint density at radius 2 is 2.45 bits per heavy atom. The number of hydrogen-bond donors (Lipinski definition) is 1. The van der Waals surface area contributed by atoms with Gasteiger partial charge in [0, 0.05) is 6.54 Å². The van der Waals surface area contributed by atoms with E-state index in [9.17, 15) is 10.0 Å². The monoisotopic (exact) mass is 190 g/mol. The van der Waals surface area contributed by atoms with E-state index in [1.807, 2.05) is 6.92 Å². The maximum atomic E-state index is 10.0. The van der Waals surface area contributed by atoms with E-state index in [2.05, 4.69) is 5.18 Å². The first-order valence-corrected chi connectivity index (χ1v) is 4.19. The molecule has 0 unspecified atom stereocenters. The van der Waals surface area contributed by atoms with Gasteiger partial charge in [0.15, 0.2) is 3.95 Å². The van der Waals surface area contributed by atoms with Crippen LogP contribution in [0.3, 0.4) is 0 Å². The SMILES string of the molecule is CCn1c(O)c(N=O)sc1=S. The van der Waals surface area contributed by atoms with Crippen molar-refractivity contribution < 1.29 is 5.11 Å². The highest BCUT2D eigenvalue weighted by Crippen LogP contribution is 2.33. The maximum absolute atomic E-state index is 10.0. The summed E-state index contributed by atoms with van der Waals surface area (Å²) in [4.78, 5) is 10.0. The van der Waals surface area contributed by atoms with Crippen molar-refractivity contribution in [1.82, 2.24) is 4.57 Å². The molecule has 1 aromatic rings. The van der Waals surface area contributed by atoms with Crippen molar-refractivity contribution in [3.63, 3.8) is 0 Å². The number of nitroso groups, excluding NO2 is 1. The predicted octanol–water partition coefficient (Wildman–Crippen LogP) is 2.40. The van der Waals surface area contributed by atoms with Crippen molar-refractivity contribution in [2.24, 2.45) is 5.18 Å². The average molecular weight is 190 g/mol. The smallest absolute Gasteiger partial charge is 0.233 e. The fourth-order valence-corrected chi connectivity index (χ4v) is 1.91. The van der Waals surface area contributed by atoms with Crippen molar-refractivity contribution in [2.45, 2.75) is 13.5 Å². The third-order valence-corrected chi connectivity index (χ3v) is 2.57. The summed E-state index contributed by atoms with van der Waals surface area (Å²) in [5, 5.41) is 11.9. The van der Waals surface area contributed by atoms with Crippen molar-refractivity contribution in [3.05, 3.63) is 8.86 Å². The van der Waals surface area contributed by atoms with Crippen LogP contribution in [0.5, 0.6) is 5.88 Å². The van der Waals surface area contributed by atoms with Crippen molar-refractivity contribution in [3.8, 4) is 5.88 Å². The molecule has 0 saturated carbocycles. The van der Waals surface area contributed by atoms with Crippen molar-refractivity contribution in [1.29, 1.82) is 0 Å². The Bertz CT molecular complexity index is 328. The molecule has 0 fully saturated rings. The molecule has 1 N–H and O–H groups in total. The van der Waals surface area contributed by atoms with Gasteiger partial charge in [-0.1, -0.05) is 11.3 Å². The molecule has 0 atom stereocenters. The molecule has 0 aliphatic carbocycles. The normalized spacial score (nSPS) is 9.91. The summed E-state index contributed by atoms with van der Waals surface area (Å²) in [5.41, 5.74) is 0. The molecule has 4 nitrogen and oxygen atoms in total. The topological polar surface area (TPSA) is 54.6 Å². The van der Waals surface area contributed by atoms with Crippen LogP contribution in [-0.2, 0) is 6.54 Å². The molecule has 0 saturated heterocycles. The lowest BCUT2D eigenvalue weighted by Gasteiger charge is -1.95. The van der Waals surface area contributed by atoms with E-state index in [0.29, 0.717) is 10.5 Å². The van der Waals surface area contributed by atoms with Gasteiger partial charge in [0.05, 0.1) is 0 Å². The molecule has 0 amide bonds. The highest BCUT2D eigenvalue weighted by molar-refractivity contribution is 7.73. The number of aromatic hydroxyl groups is 1. The van der Waals surface area contributed by atoms with E-state index in [4.69, 9.17) is 12.2 Å². The van der Waals surface area contributed by atoms with Crippen molar-refractivity contribution >= 4 is 28.6 Å². The zero-order chi connectivity index (χ0) is 8.43. The van der Waals surface area contributed by atoms with Gasteiger partial charge in [-0.15, -0.1) is 4.91 Å². The fraction of sp³-hybridized carbons (Fsp3) is 0.400. The standard InChI is InChI=1S/C5H6N2O2S2/c1-2-7-4(8)3(6-9)11-5(7)10/h8H,2H2,1H3.